The molecule has 0 aromatic heterocycles. The number of rotatable bonds is 5. The van der Waals surface area contributed by atoms with Gasteiger partial charge in [0.15, 0.2) is 0 Å². The molecule has 1 fully saturated rings. The van der Waals surface area contributed by atoms with E-state index in [1.165, 1.54) is 54.6 Å². The van der Waals surface area contributed by atoms with Crippen LogP contribution in [0.25, 0.3) is 6.08 Å². The van der Waals surface area contributed by atoms with Gasteiger partial charge in [-0.25, -0.2) is 9.69 Å². The summed E-state index contributed by atoms with van der Waals surface area (Å²) in [5.41, 5.74) is 0.623. The normalized spacial score (nSPS) is 15.3. The predicted octanol–water partition coefficient (Wildman–Crippen LogP) is 4.74. The molecular weight excluding hydrogens is 515 g/mol. The van der Waals surface area contributed by atoms with Crippen molar-refractivity contribution in [3.8, 4) is 5.75 Å². The van der Waals surface area contributed by atoms with E-state index in [0.29, 0.717) is 10.0 Å². The average Bonchev–Trinajstić information content (AvgIpc) is 2.80. The second-order valence-corrected chi connectivity index (χ2v) is 9.81. The Morgan fingerprint density at radius 2 is 1.63 bits per heavy atom. The molecule has 35 heavy (non-hydrogen) atoms. The lowest BCUT2D eigenvalue weighted by molar-refractivity contribution is -0.122. The number of nitrogens with zero attached hydrogens (tertiary/aromatic N) is 1. The van der Waals surface area contributed by atoms with Gasteiger partial charge in [0.2, 0.25) is 0 Å². The van der Waals surface area contributed by atoms with Gasteiger partial charge in [-0.2, -0.15) is 8.42 Å². The van der Waals surface area contributed by atoms with E-state index in [1.54, 1.807) is 19.1 Å². The third-order valence-corrected chi connectivity index (χ3v) is 6.94. The first kappa shape index (κ1) is 24.5. The number of urea groups is 1. The number of benzene rings is 3. The maximum absolute atomic E-state index is 13.2. The number of carbonyl (C=O) groups is 3. The number of amides is 4. The van der Waals surface area contributed by atoms with Crippen LogP contribution in [0.15, 0.2) is 77.2 Å². The first-order valence-corrected chi connectivity index (χ1v) is 12.2. The summed E-state index contributed by atoms with van der Waals surface area (Å²) >= 11 is 11.9. The fourth-order valence-corrected chi connectivity index (χ4v) is 4.47. The highest BCUT2D eigenvalue weighted by molar-refractivity contribution is 7.87. The molecule has 0 bridgehead atoms. The molecule has 0 spiro atoms. The van der Waals surface area contributed by atoms with E-state index in [0.717, 1.165) is 16.5 Å². The van der Waals surface area contributed by atoms with Gasteiger partial charge in [0.1, 0.15) is 16.2 Å². The summed E-state index contributed by atoms with van der Waals surface area (Å²) in [4.78, 5) is 38.8. The highest BCUT2D eigenvalue weighted by Gasteiger charge is 2.37. The van der Waals surface area contributed by atoms with Crippen molar-refractivity contribution in [1.29, 1.82) is 0 Å². The van der Waals surface area contributed by atoms with Crippen LogP contribution in [0.2, 0.25) is 10.0 Å². The largest absolute Gasteiger partial charge is 0.378 e. The average molecular weight is 531 g/mol. The Labute approximate surface area is 210 Å². The number of hydrogen-bond acceptors (Lipinski definition) is 6. The van der Waals surface area contributed by atoms with Crippen molar-refractivity contribution >= 4 is 62.9 Å². The first-order chi connectivity index (χ1) is 16.6. The number of imide groups is 2. The highest BCUT2D eigenvalue weighted by Crippen LogP contribution is 2.29. The summed E-state index contributed by atoms with van der Waals surface area (Å²) < 4.78 is 30.7. The Hall–Kier alpha value is -3.66. The van der Waals surface area contributed by atoms with Gasteiger partial charge in [-0.15, -0.1) is 0 Å². The fraction of sp³-hybridized carbons (Fsp3) is 0.0417. The molecule has 4 rings (SSSR count). The number of nitrogens with one attached hydrogen (secondary N) is 1. The highest BCUT2D eigenvalue weighted by atomic mass is 35.5. The minimum Gasteiger partial charge on any atom is -0.378 e. The Bertz CT molecular complexity index is 1500. The summed E-state index contributed by atoms with van der Waals surface area (Å²) in [7, 11) is -4.24. The van der Waals surface area contributed by atoms with Crippen molar-refractivity contribution in [2.45, 2.75) is 11.8 Å². The van der Waals surface area contributed by atoms with Crippen LogP contribution in [-0.2, 0) is 19.7 Å². The lowest BCUT2D eigenvalue weighted by Crippen LogP contribution is -2.54. The van der Waals surface area contributed by atoms with Crippen molar-refractivity contribution in [2.24, 2.45) is 0 Å². The maximum atomic E-state index is 13.2. The van der Waals surface area contributed by atoms with E-state index in [1.807, 2.05) is 0 Å². The SMILES string of the molecule is Cc1ccc(N2C(=O)NC(=O)/C(=C\c3ccccc3OS(=O)(=O)c3ccc(Cl)cc3)C2=O)cc1Cl. The molecule has 8 nitrogen and oxygen atoms in total. The second kappa shape index (κ2) is 9.53. The van der Waals surface area contributed by atoms with Crippen LogP contribution in [0.3, 0.4) is 0 Å². The number of para-hydroxylation sites is 1. The molecular formula is C24H16Cl2N2O6S. The third-order valence-electron chi connectivity index (χ3n) is 5.04. The van der Waals surface area contributed by atoms with Crippen molar-refractivity contribution in [2.75, 3.05) is 4.90 Å². The Balaban J connectivity index is 1.71. The standard InChI is InChI=1S/C24H16Cl2N2O6S/c1-14-6-9-17(13-20(14)26)28-23(30)19(22(29)27-24(28)31)12-15-4-2-3-5-21(15)34-35(32,33)18-10-7-16(25)8-11-18/h2-13H,1H3,(H,27,29,31)/b19-12+. The lowest BCUT2D eigenvalue weighted by atomic mass is 10.1. The van der Waals surface area contributed by atoms with E-state index < -0.39 is 33.5 Å². The molecule has 1 aliphatic heterocycles. The molecule has 3 aromatic rings. The van der Waals surface area contributed by atoms with Crippen LogP contribution < -0.4 is 14.4 Å². The summed E-state index contributed by atoms with van der Waals surface area (Å²) in [5, 5.41) is 2.79. The zero-order valence-corrected chi connectivity index (χ0v) is 20.3. The fourth-order valence-electron chi connectivity index (χ4n) is 3.21. The minimum atomic E-state index is -4.24. The summed E-state index contributed by atoms with van der Waals surface area (Å²) in [6, 6.07) is 14.9. The molecule has 0 saturated carbocycles. The Morgan fingerprint density at radius 1 is 0.943 bits per heavy atom. The van der Waals surface area contributed by atoms with E-state index >= 15 is 0 Å². The summed E-state index contributed by atoms with van der Waals surface area (Å²) in [5.74, 6) is -1.98. The topological polar surface area (TPSA) is 110 Å². The Kier molecular flexibility index (Phi) is 6.66. The van der Waals surface area contributed by atoms with Crippen LogP contribution in [0.4, 0.5) is 10.5 Å². The summed E-state index contributed by atoms with van der Waals surface area (Å²) in [6.45, 7) is 1.76. The van der Waals surface area contributed by atoms with Gasteiger partial charge in [-0.05, 0) is 61.0 Å². The molecule has 4 amide bonds. The molecule has 0 atom stereocenters. The molecule has 1 saturated heterocycles. The molecule has 0 aliphatic carbocycles. The van der Waals surface area contributed by atoms with Gasteiger partial charge in [0.25, 0.3) is 11.8 Å². The molecule has 1 N–H and O–H groups in total. The zero-order chi connectivity index (χ0) is 25.3. The van der Waals surface area contributed by atoms with Crippen LogP contribution in [0, 0.1) is 6.92 Å². The number of carbonyl (C=O) groups excluding carboxylic acids is 3. The van der Waals surface area contributed by atoms with E-state index in [-0.39, 0.29) is 21.9 Å². The van der Waals surface area contributed by atoms with Gasteiger partial charge < -0.3 is 4.18 Å². The molecule has 0 unspecified atom stereocenters. The smallest absolute Gasteiger partial charge is 0.339 e. The van der Waals surface area contributed by atoms with E-state index in [9.17, 15) is 22.8 Å². The molecule has 1 aliphatic rings. The van der Waals surface area contributed by atoms with Crippen LogP contribution >= 0.6 is 23.2 Å². The number of halogens is 2. The molecule has 11 heteroatoms. The molecule has 0 radical (unpaired) electrons. The lowest BCUT2D eigenvalue weighted by Gasteiger charge is -2.26. The van der Waals surface area contributed by atoms with Gasteiger partial charge in [-0.1, -0.05) is 47.5 Å². The number of barbiturate groups is 1. The monoisotopic (exact) mass is 530 g/mol. The van der Waals surface area contributed by atoms with Crippen molar-refractivity contribution in [3.05, 3.63) is 93.5 Å². The quantitative estimate of drug-likeness (QED) is 0.290. The van der Waals surface area contributed by atoms with Gasteiger partial charge in [-0.3, -0.25) is 14.9 Å². The van der Waals surface area contributed by atoms with Crippen molar-refractivity contribution in [1.82, 2.24) is 5.32 Å². The summed E-state index contributed by atoms with van der Waals surface area (Å²) in [6.07, 6.45) is 1.15. The van der Waals surface area contributed by atoms with Gasteiger partial charge in [0, 0.05) is 15.6 Å². The van der Waals surface area contributed by atoms with Crippen molar-refractivity contribution in [3.63, 3.8) is 0 Å². The van der Waals surface area contributed by atoms with Crippen LogP contribution in [-0.4, -0.2) is 26.3 Å². The number of anilines is 1. The molecule has 3 aromatic carbocycles. The molecule has 1 heterocycles. The van der Waals surface area contributed by atoms with Crippen LogP contribution in [0.1, 0.15) is 11.1 Å². The maximum Gasteiger partial charge on any atom is 0.339 e. The van der Waals surface area contributed by atoms with Crippen LogP contribution in [0.5, 0.6) is 5.75 Å². The first-order valence-electron chi connectivity index (χ1n) is 10.0. The van der Waals surface area contributed by atoms with Gasteiger partial charge in [0.05, 0.1) is 5.69 Å². The second-order valence-electron chi connectivity index (χ2n) is 7.42. The minimum absolute atomic E-state index is 0.125. The van der Waals surface area contributed by atoms with E-state index in [4.69, 9.17) is 27.4 Å². The van der Waals surface area contributed by atoms with Crippen molar-refractivity contribution < 1.29 is 27.0 Å². The van der Waals surface area contributed by atoms with E-state index in [2.05, 4.69) is 5.32 Å². The molecule has 178 valence electrons. The van der Waals surface area contributed by atoms with Gasteiger partial charge >= 0.3 is 16.1 Å². The number of aryl methyl sites for hydroxylation is 1. The Morgan fingerprint density at radius 3 is 2.31 bits per heavy atom. The number of hydrogen-bond donors (Lipinski definition) is 1. The predicted molar refractivity (Wildman–Crippen MR) is 131 cm³/mol. The zero-order valence-electron chi connectivity index (χ0n) is 18.0. The third kappa shape index (κ3) is 5.07.